The average molecular weight is 476 g/mol. The van der Waals surface area contributed by atoms with E-state index in [1.54, 1.807) is 6.20 Å². The summed E-state index contributed by atoms with van der Waals surface area (Å²) >= 11 is 0. The van der Waals surface area contributed by atoms with Gasteiger partial charge < -0.3 is 14.8 Å². The van der Waals surface area contributed by atoms with E-state index in [4.69, 9.17) is 4.98 Å². The number of amides is 1. The number of aromatic nitrogens is 4. The molecule has 2 aliphatic heterocycles. The van der Waals surface area contributed by atoms with Crippen LogP contribution in [0.3, 0.4) is 0 Å². The Bertz CT molecular complexity index is 1220. The summed E-state index contributed by atoms with van der Waals surface area (Å²) in [5, 5.41) is 4.11. The van der Waals surface area contributed by atoms with E-state index in [2.05, 4.69) is 60.4 Å². The summed E-state index contributed by atoms with van der Waals surface area (Å²) in [4.78, 5) is 31.4. The smallest absolute Gasteiger partial charge is 0.282 e. The molecule has 10 nitrogen and oxygen atoms in total. The quantitative estimate of drug-likeness (QED) is 0.529. The molecule has 0 bridgehead atoms. The molecule has 2 fully saturated rings. The third-order valence-electron chi connectivity index (χ3n) is 7.69. The monoisotopic (exact) mass is 475 g/mol. The molecule has 1 saturated heterocycles. The lowest BCUT2D eigenvalue weighted by atomic mass is 9.88. The van der Waals surface area contributed by atoms with Gasteiger partial charge in [-0.05, 0) is 57.7 Å². The van der Waals surface area contributed by atoms with Gasteiger partial charge in [-0.15, -0.1) is 0 Å². The Kier molecular flexibility index (Phi) is 5.57. The summed E-state index contributed by atoms with van der Waals surface area (Å²) in [7, 11) is 0. The summed E-state index contributed by atoms with van der Waals surface area (Å²) in [5.41, 5.74) is 8.35. The molecule has 184 valence electrons. The number of nitrogens with zero attached hydrogens (tertiary/aromatic N) is 6. The minimum atomic E-state index is -0.339. The molecule has 3 N–H and O–H groups in total. The van der Waals surface area contributed by atoms with Crippen molar-refractivity contribution in [3.8, 4) is 0 Å². The Morgan fingerprint density at radius 2 is 1.83 bits per heavy atom. The maximum atomic E-state index is 12.6. The van der Waals surface area contributed by atoms with Gasteiger partial charge in [0.05, 0.1) is 11.9 Å². The van der Waals surface area contributed by atoms with Crippen molar-refractivity contribution in [1.82, 2.24) is 35.3 Å². The highest BCUT2D eigenvalue weighted by atomic mass is 16.2. The number of anilines is 3. The SMILES string of the molecule is CC(C)N1CCN(c2ccc(Nc3ncc4cc5n(c4n3)C3(CCCCC3)NNC5=O)nc2)CC1. The van der Waals surface area contributed by atoms with E-state index in [1.807, 2.05) is 18.3 Å². The molecule has 0 unspecified atom stereocenters. The van der Waals surface area contributed by atoms with Gasteiger partial charge >= 0.3 is 0 Å². The Morgan fingerprint density at radius 1 is 1.03 bits per heavy atom. The zero-order valence-corrected chi connectivity index (χ0v) is 20.4. The zero-order chi connectivity index (χ0) is 24.0. The molecule has 1 aliphatic carbocycles. The number of fused-ring (bicyclic) bond motifs is 4. The van der Waals surface area contributed by atoms with Crippen molar-refractivity contribution >= 4 is 34.4 Å². The van der Waals surface area contributed by atoms with Crippen LogP contribution in [0.5, 0.6) is 0 Å². The van der Waals surface area contributed by atoms with Gasteiger partial charge in [-0.1, -0.05) is 6.42 Å². The number of rotatable bonds is 4. The van der Waals surface area contributed by atoms with Crippen molar-refractivity contribution in [2.45, 2.75) is 57.7 Å². The second kappa shape index (κ2) is 8.76. The normalized spacial score (nSPS) is 20.3. The van der Waals surface area contributed by atoms with Gasteiger partial charge in [0, 0.05) is 43.8 Å². The van der Waals surface area contributed by atoms with Crippen LogP contribution in [-0.4, -0.2) is 62.5 Å². The number of nitrogens with one attached hydrogen (secondary N) is 3. The molecule has 10 heteroatoms. The summed E-state index contributed by atoms with van der Waals surface area (Å²) in [5.74, 6) is 1.03. The molecule has 3 aromatic heterocycles. The van der Waals surface area contributed by atoms with Crippen LogP contribution in [0.15, 0.2) is 30.6 Å². The lowest BCUT2D eigenvalue weighted by molar-refractivity contribution is 0.0649. The van der Waals surface area contributed by atoms with E-state index in [1.165, 1.54) is 6.42 Å². The summed E-state index contributed by atoms with van der Waals surface area (Å²) in [6.45, 7) is 8.66. The van der Waals surface area contributed by atoms with Crippen LogP contribution in [0, 0.1) is 0 Å². The molecule has 0 radical (unpaired) electrons. The van der Waals surface area contributed by atoms with E-state index in [-0.39, 0.29) is 11.6 Å². The van der Waals surface area contributed by atoms with E-state index < -0.39 is 0 Å². The van der Waals surface area contributed by atoms with Crippen LogP contribution < -0.4 is 21.1 Å². The maximum absolute atomic E-state index is 12.6. The predicted octanol–water partition coefficient (Wildman–Crippen LogP) is 2.97. The molecule has 3 aromatic rings. The highest BCUT2D eigenvalue weighted by Gasteiger charge is 2.41. The van der Waals surface area contributed by atoms with E-state index >= 15 is 0 Å². The maximum Gasteiger partial charge on any atom is 0.282 e. The van der Waals surface area contributed by atoms with Crippen molar-refractivity contribution in [2.24, 2.45) is 0 Å². The molecule has 0 atom stereocenters. The van der Waals surface area contributed by atoms with Crippen LogP contribution >= 0.6 is 0 Å². The minimum Gasteiger partial charge on any atom is -0.368 e. The highest BCUT2D eigenvalue weighted by Crippen LogP contribution is 2.38. The summed E-state index contributed by atoms with van der Waals surface area (Å²) in [6, 6.07) is 6.55. The molecule has 1 amide bonds. The standard InChI is InChI=1S/C25H33N9O/c1-17(2)32-10-12-33(13-11-32)19-6-7-21(26-16-19)28-24-27-15-18-14-20-23(35)30-31-25(8-4-3-5-9-25)34(20)22(18)29-24/h6-7,14-17,31H,3-5,8-13H2,1-2H3,(H,30,35)(H,26,27,28,29). The fraction of sp³-hybridized carbons (Fsp3) is 0.520. The van der Waals surface area contributed by atoms with Gasteiger partial charge in [0.25, 0.3) is 5.91 Å². The van der Waals surface area contributed by atoms with Gasteiger partial charge in [-0.2, -0.15) is 4.98 Å². The molecule has 1 saturated carbocycles. The number of hydrogen-bond acceptors (Lipinski definition) is 8. The molecule has 0 aromatic carbocycles. The topological polar surface area (TPSA) is 103 Å². The van der Waals surface area contributed by atoms with Crippen LogP contribution in [0.2, 0.25) is 0 Å². The third-order valence-corrected chi connectivity index (χ3v) is 7.69. The van der Waals surface area contributed by atoms with Crippen LogP contribution in [0.4, 0.5) is 17.5 Å². The fourth-order valence-corrected chi connectivity index (χ4v) is 5.69. The van der Waals surface area contributed by atoms with Gasteiger partial charge in [0.1, 0.15) is 22.8 Å². The van der Waals surface area contributed by atoms with Gasteiger partial charge in [-0.3, -0.25) is 15.1 Å². The fourth-order valence-electron chi connectivity index (χ4n) is 5.69. The minimum absolute atomic E-state index is 0.139. The van der Waals surface area contributed by atoms with E-state index in [9.17, 15) is 4.79 Å². The van der Waals surface area contributed by atoms with Crippen molar-refractivity contribution in [2.75, 3.05) is 36.4 Å². The van der Waals surface area contributed by atoms with Crippen molar-refractivity contribution in [3.63, 3.8) is 0 Å². The van der Waals surface area contributed by atoms with Crippen molar-refractivity contribution in [1.29, 1.82) is 0 Å². The number of hydrazine groups is 1. The first-order valence-corrected chi connectivity index (χ1v) is 12.7. The summed E-state index contributed by atoms with van der Waals surface area (Å²) in [6.07, 6.45) is 9.03. The number of carbonyl (C=O) groups is 1. The first-order valence-electron chi connectivity index (χ1n) is 12.7. The highest BCUT2D eigenvalue weighted by molar-refractivity contribution is 5.98. The van der Waals surface area contributed by atoms with Crippen molar-refractivity contribution in [3.05, 3.63) is 36.3 Å². The van der Waals surface area contributed by atoms with E-state index in [0.717, 1.165) is 68.6 Å². The number of piperazine rings is 1. The molecule has 6 rings (SSSR count). The van der Waals surface area contributed by atoms with E-state index in [0.29, 0.717) is 23.5 Å². The first-order chi connectivity index (χ1) is 17.0. The molecule has 1 spiro atoms. The lowest BCUT2D eigenvalue weighted by Gasteiger charge is -2.43. The molecule has 35 heavy (non-hydrogen) atoms. The van der Waals surface area contributed by atoms with Gasteiger partial charge in [0.2, 0.25) is 5.95 Å². The summed E-state index contributed by atoms with van der Waals surface area (Å²) < 4.78 is 2.08. The third kappa shape index (κ3) is 4.00. The van der Waals surface area contributed by atoms with Crippen molar-refractivity contribution < 1.29 is 4.79 Å². The lowest BCUT2D eigenvalue weighted by Crippen LogP contribution is -2.61. The Balaban J connectivity index is 1.24. The van der Waals surface area contributed by atoms with Gasteiger partial charge in [0.15, 0.2) is 0 Å². The number of hydrogen-bond donors (Lipinski definition) is 3. The van der Waals surface area contributed by atoms with Crippen LogP contribution in [-0.2, 0) is 5.66 Å². The Hall–Kier alpha value is -3.24. The Labute approximate surface area is 205 Å². The number of pyridine rings is 1. The number of carbonyl (C=O) groups excluding carboxylic acids is 1. The Morgan fingerprint density at radius 3 is 2.54 bits per heavy atom. The molecule has 5 heterocycles. The zero-order valence-electron chi connectivity index (χ0n) is 20.4. The molecular formula is C25H33N9O. The van der Waals surface area contributed by atoms with Crippen LogP contribution in [0.1, 0.15) is 56.4 Å². The first kappa shape index (κ1) is 22.2. The predicted molar refractivity (Wildman–Crippen MR) is 136 cm³/mol. The average Bonchev–Trinajstić information content (AvgIpc) is 3.28. The van der Waals surface area contributed by atoms with Gasteiger partial charge in [-0.25, -0.2) is 15.4 Å². The second-order valence-corrected chi connectivity index (χ2v) is 10.2. The largest absolute Gasteiger partial charge is 0.368 e. The van der Waals surface area contributed by atoms with Crippen LogP contribution in [0.25, 0.3) is 11.0 Å². The molecular weight excluding hydrogens is 442 g/mol. The second-order valence-electron chi connectivity index (χ2n) is 10.2. The molecule has 3 aliphatic rings.